The minimum atomic E-state index is -0.130. The van der Waals surface area contributed by atoms with Gasteiger partial charge in [-0.25, -0.2) is 9.97 Å². The standard InChI is InChI=1S/C13H18N4OS2.2ClH/c1-8-9(2)20-12(16-8)4-6-15-13(18)10-7-19-11(17-10)3-5-14;;/h7H,3-6,14H2,1-2H3,(H,15,18);2*1H. The van der Waals surface area contributed by atoms with Crippen LogP contribution in [-0.4, -0.2) is 29.0 Å². The Morgan fingerprint density at radius 1 is 1.23 bits per heavy atom. The van der Waals surface area contributed by atoms with Crippen molar-refractivity contribution in [2.24, 2.45) is 5.73 Å². The van der Waals surface area contributed by atoms with Gasteiger partial charge in [-0.05, 0) is 20.4 Å². The highest BCUT2D eigenvalue weighted by Gasteiger charge is 2.10. The minimum Gasteiger partial charge on any atom is -0.350 e. The van der Waals surface area contributed by atoms with E-state index < -0.39 is 0 Å². The van der Waals surface area contributed by atoms with Crippen molar-refractivity contribution in [2.45, 2.75) is 26.7 Å². The molecule has 124 valence electrons. The zero-order chi connectivity index (χ0) is 14.5. The van der Waals surface area contributed by atoms with Gasteiger partial charge in [0, 0.05) is 29.6 Å². The first-order valence-electron chi connectivity index (χ1n) is 6.45. The van der Waals surface area contributed by atoms with E-state index in [-0.39, 0.29) is 30.7 Å². The van der Waals surface area contributed by atoms with Crippen molar-refractivity contribution in [3.63, 3.8) is 0 Å². The molecule has 0 fully saturated rings. The summed E-state index contributed by atoms with van der Waals surface area (Å²) in [4.78, 5) is 21.8. The minimum absolute atomic E-state index is 0. The third-order valence-corrected chi connectivity index (χ3v) is 4.88. The fourth-order valence-corrected chi connectivity index (χ4v) is 3.40. The Balaban J connectivity index is 0.00000220. The van der Waals surface area contributed by atoms with Crippen LogP contribution in [0.4, 0.5) is 0 Å². The number of hydrogen-bond donors (Lipinski definition) is 2. The molecule has 0 aliphatic heterocycles. The zero-order valence-corrected chi connectivity index (χ0v) is 15.7. The molecular weight excluding hydrogens is 363 g/mol. The molecule has 5 nitrogen and oxygen atoms in total. The highest BCUT2D eigenvalue weighted by atomic mass is 35.5. The lowest BCUT2D eigenvalue weighted by atomic mass is 10.4. The van der Waals surface area contributed by atoms with E-state index in [1.54, 1.807) is 16.7 Å². The average Bonchev–Trinajstić information content (AvgIpc) is 2.98. The van der Waals surface area contributed by atoms with Crippen LogP contribution in [0.15, 0.2) is 5.38 Å². The molecule has 0 atom stereocenters. The van der Waals surface area contributed by atoms with E-state index in [9.17, 15) is 4.79 Å². The van der Waals surface area contributed by atoms with Crippen molar-refractivity contribution in [3.05, 3.63) is 31.7 Å². The maximum Gasteiger partial charge on any atom is 0.270 e. The van der Waals surface area contributed by atoms with Gasteiger partial charge in [0.05, 0.1) is 15.7 Å². The third kappa shape index (κ3) is 5.81. The molecule has 1 amide bonds. The van der Waals surface area contributed by atoms with Gasteiger partial charge < -0.3 is 11.1 Å². The lowest BCUT2D eigenvalue weighted by Gasteiger charge is -2.00. The number of carbonyl (C=O) groups is 1. The van der Waals surface area contributed by atoms with Crippen LogP contribution in [0.3, 0.4) is 0 Å². The van der Waals surface area contributed by atoms with Gasteiger partial charge in [0.2, 0.25) is 0 Å². The van der Waals surface area contributed by atoms with Crippen LogP contribution in [0.25, 0.3) is 0 Å². The fourth-order valence-electron chi connectivity index (χ4n) is 1.67. The molecule has 2 aromatic heterocycles. The highest BCUT2D eigenvalue weighted by Crippen LogP contribution is 2.16. The first-order valence-corrected chi connectivity index (χ1v) is 8.15. The number of rotatable bonds is 6. The number of halogens is 2. The Kier molecular flexibility index (Phi) is 9.79. The molecule has 0 saturated carbocycles. The van der Waals surface area contributed by atoms with Crippen LogP contribution in [0.2, 0.25) is 0 Å². The van der Waals surface area contributed by atoms with Crippen LogP contribution in [0.1, 0.15) is 31.1 Å². The van der Waals surface area contributed by atoms with Crippen LogP contribution < -0.4 is 11.1 Å². The summed E-state index contributed by atoms with van der Waals surface area (Å²) in [7, 11) is 0. The lowest BCUT2D eigenvalue weighted by molar-refractivity contribution is 0.0949. The van der Waals surface area contributed by atoms with Gasteiger partial charge in [0.25, 0.3) is 5.91 Å². The second-order valence-electron chi connectivity index (χ2n) is 4.42. The number of nitrogens with zero attached hydrogens (tertiary/aromatic N) is 2. The predicted molar refractivity (Wildman–Crippen MR) is 97.0 cm³/mol. The molecule has 0 spiro atoms. The van der Waals surface area contributed by atoms with E-state index in [1.165, 1.54) is 16.2 Å². The molecular formula is C13H20Cl2N4OS2. The summed E-state index contributed by atoms with van der Waals surface area (Å²) in [5, 5.41) is 6.61. The van der Waals surface area contributed by atoms with E-state index >= 15 is 0 Å². The van der Waals surface area contributed by atoms with Crippen molar-refractivity contribution >= 4 is 53.4 Å². The summed E-state index contributed by atoms with van der Waals surface area (Å²) < 4.78 is 0. The molecule has 0 aliphatic rings. The molecule has 22 heavy (non-hydrogen) atoms. The van der Waals surface area contributed by atoms with Gasteiger partial charge >= 0.3 is 0 Å². The van der Waals surface area contributed by atoms with Crippen molar-refractivity contribution in [2.75, 3.05) is 13.1 Å². The highest BCUT2D eigenvalue weighted by molar-refractivity contribution is 7.11. The number of aromatic nitrogens is 2. The molecule has 0 radical (unpaired) electrons. The molecule has 9 heteroatoms. The average molecular weight is 383 g/mol. The number of thiazole rings is 2. The van der Waals surface area contributed by atoms with Crippen molar-refractivity contribution in [1.29, 1.82) is 0 Å². The molecule has 0 aliphatic carbocycles. The topological polar surface area (TPSA) is 80.9 Å². The van der Waals surface area contributed by atoms with E-state index in [2.05, 4.69) is 22.2 Å². The molecule has 3 N–H and O–H groups in total. The molecule has 2 aromatic rings. The Morgan fingerprint density at radius 3 is 2.55 bits per heavy atom. The molecule has 0 aromatic carbocycles. The largest absolute Gasteiger partial charge is 0.350 e. The number of carbonyl (C=O) groups excluding carboxylic acids is 1. The monoisotopic (exact) mass is 382 g/mol. The molecule has 2 rings (SSSR count). The molecule has 0 unspecified atom stereocenters. The van der Waals surface area contributed by atoms with Crippen LogP contribution in [0, 0.1) is 13.8 Å². The first kappa shape index (κ1) is 21.3. The quantitative estimate of drug-likeness (QED) is 0.803. The molecule has 0 saturated heterocycles. The summed E-state index contributed by atoms with van der Waals surface area (Å²) in [6, 6.07) is 0. The van der Waals surface area contributed by atoms with Gasteiger partial charge in [-0.1, -0.05) is 0 Å². The van der Waals surface area contributed by atoms with Gasteiger partial charge in [0.1, 0.15) is 5.69 Å². The SMILES string of the molecule is Cc1nc(CCNC(=O)c2csc(CCN)n2)sc1C.Cl.Cl. The second-order valence-corrected chi connectivity index (χ2v) is 6.65. The third-order valence-electron chi connectivity index (χ3n) is 2.84. The Labute approximate surface area is 150 Å². The van der Waals surface area contributed by atoms with Crippen LogP contribution in [0.5, 0.6) is 0 Å². The zero-order valence-electron chi connectivity index (χ0n) is 12.4. The van der Waals surface area contributed by atoms with E-state index in [0.29, 0.717) is 18.8 Å². The van der Waals surface area contributed by atoms with Gasteiger partial charge in [-0.15, -0.1) is 47.5 Å². The van der Waals surface area contributed by atoms with Crippen molar-refractivity contribution in [3.8, 4) is 0 Å². The summed E-state index contributed by atoms with van der Waals surface area (Å²) in [6.45, 7) is 5.19. The van der Waals surface area contributed by atoms with Crippen LogP contribution in [-0.2, 0) is 12.8 Å². The predicted octanol–water partition coefficient (Wildman–Crippen LogP) is 2.53. The van der Waals surface area contributed by atoms with Gasteiger partial charge in [-0.2, -0.15) is 0 Å². The molecule has 2 heterocycles. The fraction of sp³-hybridized carbons (Fsp3) is 0.462. The van der Waals surface area contributed by atoms with Crippen molar-refractivity contribution < 1.29 is 4.79 Å². The van der Waals surface area contributed by atoms with Crippen LogP contribution >= 0.6 is 47.5 Å². The number of nitrogens with one attached hydrogen (secondary N) is 1. The maximum absolute atomic E-state index is 11.9. The number of amides is 1. The summed E-state index contributed by atoms with van der Waals surface area (Å²) in [5.41, 5.74) is 7.01. The van der Waals surface area contributed by atoms with E-state index in [1.807, 2.05) is 6.92 Å². The number of nitrogens with two attached hydrogens (primary N) is 1. The second kappa shape index (κ2) is 10.1. The van der Waals surface area contributed by atoms with E-state index in [0.717, 1.165) is 28.6 Å². The Morgan fingerprint density at radius 2 is 1.95 bits per heavy atom. The Hall–Kier alpha value is -0.730. The maximum atomic E-state index is 11.9. The van der Waals surface area contributed by atoms with E-state index in [4.69, 9.17) is 5.73 Å². The summed E-state index contributed by atoms with van der Waals surface area (Å²) >= 11 is 3.16. The van der Waals surface area contributed by atoms with Crippen molar-refractivity contribution in [1.82, 2.24) is 15.3 Å². The van der Waals surface area contributed by atoms with Gasteiger partial charge in [0.15, 0.2) is 0 Å². The number of hydrogen-bond acceptors (Lipinski definition) is 6. The smallest absolute Gasteiger partial charge is 0.270 e. The normalized spacial score (nSPS) is 9.77. The molecule has 0 bridgehead atoms. The number of aryl methyl sites for hydroxylation is 2. The first-order chi connectivity index (χ1) is 9.60. The summed E-state index contributed by atoms with van der Waals surface area (Å²) in [6.07, 6.45) is 1.47. The lowest BCUT2D eigenvalue weighted by Crippen LogP contribution is -2.26. The Bertz CT molecular complexity index is 581. The van der Waals surface area contributed by atoms with Gasteiger partial charge in [-0.3, -0.25) is 4.79 Å². The summed E-state index contributed by atoms with van der Waals surface area (Å²) in [5.74, 6) is -0.130.